The van der Waals surface area contributed by atoms with E-state index in [1.807, 2.05) is 44.2 Å². The number of anilines is 1. The molecule has 2 amide bonds. The average Bonchev–Trinajstić information content (AvgIpc) is 2.55. The fourth-order valence-corrected chi connectivity index (χ4v) is 2.08. The normalized spacial score (nSPS) is 11.8. The van der Waals surface area contributed by atoms with Crippen molar-refractivity contribution in [2.24, 2.45) is 5.73 Å². The highest BCUT2D eigenvalue weighted by molar-refractivity contribution is 5.97. The third-order valence-electron chi connectivity index (χ3n) is 3.28. The second kappa shape index (κ2) is 7.56. The van der Waals surface area contributed by atoms with Crippen LogP contribution in [0.5, 0.6) is 0 Å². The topological polar surface area (TPSA) is 84.2 Å². The number of carbonyl (C=O) groups is 2. The molecule has 0 radical (unpaired) electrons. The van der Waals surface area contributed by atoms with Gasteiger partial charge in [-0.05, 0) is 43.7 Å². The summed E-state index contributed by atoms with van der Waals surface area (Å²) in [6.07, 6.45) is 0. The van der Waals surface area contributed by atoms with Crippen LogP contribution in [0.1, 0.15) is 35.8 Å². The van der Waals surface area contributed by atoms with E-state index in [-0.39, 0.29) is 17.9 Å². The summed E-state index contributed by atoms with van der Waals surface area (Å²) in [6, 6.07) is 15.2. The number of carbonyl (C=O) groups excluding carboxylic acids is 2. The van der Waals surface area contributed by atoms with Crippen LogP contribution in [0, 0.1) is 0 Å². The smallest absolute Gasteiger partial charge is 0.251 e. The minimum atomic E-state index is -0.736. The highest BCUT2D eigenvalue weighted by Crippen LogP contribution is 2.14. The molecule has 1 atom stereocenters. The van der Waals surface area contributed by atoms with Gasteiger partial charge in [0.25, 0.3) is 5.91 Å². The van der Waals surface area contributed by atoms with Crippen molar-refractivity contribution in [3.63, 3.8) is 0 Å². The Labute approximate surface area is 135 Å². The van der Waals surface area contributed by atoms with Crippen molar-refractivity contribution in [2.75, 3.05) is 5.32 Å². The Kier molecular flexibility index (Phi) is 5.49. The number of hydrogen-bond donors (Lipinski definition) is 3. The van der Waals surface area contributed by atoms with Crippen LogP contribution in [0.2, 0.25) is 0 Å². The lowest BCUT2D eigenvalue weighted by Gasteiger charge is -2.13. The number of hydrogen-bond acceptors (Lipinski definition) is 3. The van der Waals surface area contributed by atoms with Crippen LogP contribution in [0.15, 0.2) is 54.6 Å². The maximum atomic E-state index is 12.2. The van der Waals surface area contributed by atoms with Crippen molar-refractivity contribution >= 4 is 17.5 Å². The van der Waals surface area contributed by atoms with Crippen molar-refractivity contribution in [1.82, 2.24) is 5.32 Å². The van der Waals surface area contributed by atoms with Gasteiger partial charge in [-0.1, -0.05) is 30.3 Å². The van der Waals surface area contributed by atoms with Gasteiger partial charge >= 0.3 is 0 Å². The van der Waals surface area contributed by atoms with Crippen LogP contribution in [0.3, 0.4) is 0 Å². The number of benzene rings is 2. The molecule has 2 aromatic rings. The highest BCUT2D eigenvalue weighted by atomic mass is 16.2. The van der Waals surface area contributed by atoms with Crippen LogP contribution in [-0.4, -0.2) is 17.9 Å². The van der Waals surface area contributed by atoms with E-state index < -0.39 is 6.04 Å². The molecule has 0 aliphatic rings. The SMILES string of the molecule is CC(C)NC(=O)c1ccc(NC(=O)[C@@H](N)c2ccccc2)cc1. The summed E-state index contributed by atoms with van der Waals surface area (Å²) < 4.78 is 0. The van der Waals surface area contributed by atoms with Crippen LogP contribution in [-0.2, 0) is 4.79 Å². The first kappa shape index (κ1) is 16.7. The Bertz CT molecular complexity index is 666. The van der Waals surface area contributed by atoms with Crippen molar-refractivity contribution < 1.29 is 9.59 Å². The van der Waals surface area contributed by atoms with E-state index in [0.29, 0.717) is 11.3 Å². The summed E-state index contributed by atoms with van der Waals surface area (Å²) in [5.74, 6) is -0.436. The minimum absolute atomic E-state index is 0.0748. The second-order valence-corrected chi connectivity index (χ2v) is 5.58. The summed E-state index contributed by atoms with van der Waals surface area (Å²) >= 11 is 0. The zero-order valence-electron chi connectivity index (χ0n) is 13.2. The van der Waals surface area contributed by atoms with Crippen LogP contribution < -0.4 is 16.4 Å². The molecular weight excluding hydrogens is 290 g/mol. The van der Waals surface area contributed by atoms with Crippen LogP contribution >= 0.6 is 0 Å². The Morgan fingerprint density at radius 1 is 0.957 bits per heavy atom. The molecule has 5 nitrogen and oxygen atoms in total. The maximum absolute atomic E-state index is 12.2. The van der Waals surface area contributed by atoms with E-state index in [0.717, 1.165) is 5.56 Å². The van der Waals surface area contributed by atoms with Gasteiger partial charge in [0, 0.05) is 17.3 Å². The number of nitrogens with one attached hydrogen (secondary N) is 2. The number of rotatable bonds is 5. The van der Waals surface area contributed by atoms with E-state index in [1.165, 1.54) is 0 Å². The summed E-state index contributed by atoms with van der Waals surface area (Å²) in [6.45, 7) is 3.80. The van der Waals surface area contributed by atoms with Gasteiger partial charge < -0.3 is 16.4 Å². The molecule has 0 aliphatic carbocycles. The highest BCUT2D eigenvalue weighted by Gasteiger charge is 2.15. The van der Waals surface area contributed by atoms with Gasteiger partial charge in [0.1, 0.15) is 6.04 Å². The van der Waals surface area contributed by atoms with E-state index >= 15 is 0 Å². The van der Waals surface area contributed by atoms with Crippen molar-refractivity contribution in [3.05, 3.63) is 65.7 Å². The third kappa shape index (κ3) is 4.66. The third-order valence-corrected chi connectivity index (χ3v) is 3.28. The average molecular weight is 311 g/mol. The number of amides is 2. The molecule has 0 saturated carbocycles. The predicted molar refractivity (Wildman–Crippen MR) is 91.0 cm³/mol. The van der Waals surface area contributed by atoms with E-state index in [1.54, 1.807) is 24.3 Å². The van der Waals surface area contributed by atoms with Gasteiger partial charge in [0.15, 0.2) is 0 Å². The molecule has 0 unspecified atom stereocenters. The Hall–Kier alpha value is -2.66. The van der Waals surface area contributed by atoms with E-state index in [4.69, 9.17) is 5.73 Å². The molecule has 0 fully saturated rings. The van der Waals surface area contributed by atoms with Crippen LogP contribution in [0.25, 0.3) is 0 Å². The summed E-state index contributed by atoms with van der Waals surface area (Å²) in [5.41, 5.74) is 7.84. The molecular formula is C18H21N3O2. The van der Waals surface area contributed by atoms with Gasteiger partial charge in [-0.3, -0.25) is 9.59 Å². The molecule has 0 heterocycles. The molecule has 2 rings (SSSR count). The van der Waals surface area contributed by atoms with E-state index in [9.17, 15) is 9.59 Å². The summed E-state index contributed by atoms with van der Waals surface area (Å²) in [7, 11) is 0. The largest absolute Gasteiger partial charge is 0.350 e. The zero-order chi connectivity index (χ0) is 16.8. The van der Waals surface area contributed by atoms with Crippen molar-refractivity contribution in [1.29, 1.82) is 0 Å². The quantitative estimate of drug-likeness (QED) is 0.793. The van der Waals surface area contributed by atoms with Gasteiger partial charge in [-0.15, -0.1) is 0 Å². The Morgan fingerprint density at radius 3 is 2.13 bits per heavy atom. The molecule has 0 bridgehead atoms. The van der Waals surface area contributed by atoms with Crippen molar-refractivity contribution in [2.45, 2.75) is 25.9 Å². The molecule has 120 valence electrons. The standard InChI is InChI=1S/C18H21N3O2/c1-12(2)20-17(22)14-8-10-15(11-9-14)21-18(23)16(19)13-6-4-3-5-7-13/h3-12,16H,19H2,1-2H3,(H,20,22)(H,21,23)/t16-/m0/s1. The number of nitrogens with two attached hydrogens (primary N) is 1. The Balaban J connectivity index is 2.00. The maximum Gasteiger partial charge on any atom is 0.251 e. The lowest BCUT2D eigenvalue weighted by atomic mass is 10.1. The molecule has 23 heavy (non-hydrogen) atoms. The molecule has 0 aliphatic heterocycles. The molecule has 5 heteroatoms. The molecule has 0 saturated heterocycles. The van der Waals surface area contributed by atoms with Gasteiger partial charge in [-0.25, -0.2) is 0 Å². The Morgan fingerprint density at radius 2 is 1.57 bits per heavy atom. The minimum Gasteiger partial charge on any atom is -0.350 e. The summed E-state index contributed by atoms with van der Waals surface area (Å²) in [4.78, 5) is 24.0. The molecule has 2 aromatic carbocycles. The first-order chi connectivity index (χ1) is 11.0. The van der Waals surface area contributed by atoms with Crippen molar-refractivity contribution in [3.8, 4) is 0 Å². The molecule has 0 aromatic heterocycles. The molecule has 4 N–H and O–H groups in total. The fraction of sp³-hybridized carbons (Fsp3) is 0.222. The monoisotopic (exact) mass is 311 g/mol. The predicted octanol–water partition coefficient (Wildman–Crippen LogP) is 2.46. The summed E-state index contributed by atoms with van der Waals surface area (Å²) in [5, 5.41) is 5.56. The van der Waals surface area contributed by atoms with Gasteiger partial charge in [0.05, 0.1) is 0 Å². The van der Waals surface area contributed by atoms with Crippen LogP contribution in [0.4, 0.5) is 5.69 Å². The second-order valence-electron chi connectivity index (χ2n) is 5.58. The fourth-order valence-electron chi connectivity index (χ4n) is 2.08. The zero-order valence-corrected chi connectivity index (χ0v) is 13.2. The first-order valence-electron chi connectivity index (χ1n) is 7.49. The molecule has 0 spiro atoms. The van der Waals surface area contributed by atoms with E-state index in [2.05, 4.69) is 10.6 Å². The van der Waals surface area contributed by atoms with Gasteiger partial charge in [-0.2, -0.15) is 0 Å². The van der Waals surface area contributed by atoms with Gasteiger partial charge in [0.2, 0.25) is 5.91 Å². The first-order valence-corrected chi connectivity index (χ1v) is 7.49. The lowest BCUT2D eigenvalue weighted by Crippen LogP contribution is -2.30. The lowest BCUT2D eigenvalue weighted by molar-refractivity contribution is -0.117.